The Morgan fingerprint density at radius 2 is 2.00 bits per heavy atom. The van der Waals surface area contributed by atoms with E-state index in [1.54, 1.807) is 0 Å². The Hall–Kier alpha value is -1.49. The van der Waals surface area contributed by atoms with E-state index >= 15 is 0 Å². The second-order valence-corrected chi connectivity index (χ2v) is 4.47. The van der Waals surface area contributed by atoms with Crippen LogP contribution in [-0.4, -0.2) is 30.1 Å². The molecule has 0 saturated heterocycles. The summed E-state index contributed by atoms with van der Waals surface area (Å²) in [7, 11) is 1.93. The van der Waals surface area contributed by atoms with Gasteiger partial charge in [-0.3, -0.25) is 0 Å². The molecular weight excluding hydrogens is 243 g/mol. The molecule has 0 spiro atoms. The quantitative estimate of drug-likeness (QED) is 0.835. The van der Waals surface area contributed by atoms with Crippen LogP contribution in [0.3, 0.4) is 0 Å². The lowest BCUT2D eigenvalue weighted by Gasteiger charge is -2.24. The number of likely N-dealkylation sites (N-methyl/N-ethyl adjacent to an activating group) is 1. The van der Waals surface area contributed by atoms with Crippen LogP contribution < -0.4 is 0 Å². The van der Waals surface area contributed by atoms with Crippen molar-refractivity contribution in [1.82, 2.24) is 4.90 Å². The number of benzene rings is 1. The zero-order valence-electron chi connectivity index (χ0n) is 9.96. The lowest BCUT2D eigenvalue weighted by atomic mass is 9.94. The van der Waals surface area contributed by atoms with Gasteiger partial charge in [-0.1, -0.05) is 12.1 Å². The third-order valence-electron chi connectivity index (χ3n) is 3.07. The molecule has 1 aliphatic heterocycles. The molecule has 0 radical (unpaired) electrons. The molecule has 0 atom stereocenters. The molecule has 1 aromatic carbocycles. The summed E-state index contributed by atoms with van der Waals surface area (Å²) in [5.74, 6) is -0.361. The van der Waals surface area contributed by atoms with Crippen molar-refractivity contribution in [3.8, 4) is 5.75 Å². The summed E-state index contributed by atoms with van der Waals surface area (Å²) in [6.07, 6.45) is -2.05. The minimum atomic E-state index is -4.45. The highest BCUT2D eigenvalue weighted by molar-refractivity contribution is 5.70. The van der Waals surface area contributed by atoms with Crippen molar-refractivity contribution in [3.05, 3.63) is 35.4 Å². The number of hydrogen-bond acceptors (Lipinski definition) is 2. The van der Waals surface area contributed by atoms with Crippen LogP contribution in [0.4, 0.5) is 13.2 Å². The SMILES string of the molecule is CN1CC=C(c2ccc(O)cc2C(F)(F)F)CC1. The van der Waals surface area contributed by atoms with E-state index in [0.717, 1.165) is 12.6 Å². The van der Waals surface area contributed by atoms with Crippen LogP contribution in [0.1, 0.15) is 17.5 Å². The molecular formula is C13H14F3NO. The third kappa shape index (κ3) is 2.67. The fourth-order valence-corrected chi connectivity index (χ4v) is 2.06. The summed E-state index contributed by atoms with van der Waals surface area (Å²) in [6.45, 7) is 1.39. The van der Waals surface area contributed by atoms with Crippen molar-refractivity contribution in [2.75, 3.05) is 20.1 Å². The Kier molecular flexibility index (Phi) is 3.34. The Morgan fingerprint density at radius 1 is 1.28 bits per heavy atom. The summed E-state index contributed by atoms with van der Waals surface area (Å²) in [5, 5.41) is 9.21. The number of phenols is 1. The average Bonchev–Trinajstić information content (AvgIpc) is 2.29. The standard InChI is InChI=1S/C13H14F3NO/c1-17-6-4-9(5-7-17)11-3-2-10(18)8-12(11)13(14,15)16/h2-4,8,18H,5-7H2,1H3. The molecule has 1 aliphatic rings. The first-order chi connectivity index (χ1) is 8.38. The zero-order chi connectivity index (χ0) is 13.3. The highest BCUT2D eigenvalue weighted by Gasteiger charge is 2.34. The van der Waals surface area contributed by atoms with Crippen LogP contribution in [0, 0.1) is 0 Å². The molecule has 2 rings (SSSR count). The van der Waals surface area contributed by atoms with Gasteiger partial charge in [-0.25, -0.2) is 0 Å². The van der Waals surface area contributed by atoms with Gasteiger partial charge in [-0.05, 0) is 36.7 Å². The Balaban J connectivity index is 2.45. The van der Waals surface area contributed by atoms with Gasteiger partial charge >= 0.3 is 6.18 Å². The second-order valence-electron chi connectivity index (χ2n) is 4.47. The van der Waals surface area contributed by atoms with E-state index in [2.05, 4.69) is 0 Å². The van der Waals surface area contributed by atoms with Gasteiger partial charge in [0.15, 0.2) is 0 Å². The predicted molar refractivity (Wildman–Crippen MR) is 63.2 cm³/mol. The van der Waals surface area contributed by atoms with Crippen LogP contribution in [0.2, 0.25) is 0 Å². The Bertz CT molecular complexity index is 480. The Morgan fingerprint density at radius 3 is 2.56 bits per heavy atom. The number of aromatic hydroxyl groups is 1. The van der Waals surface area contributed by atoms with Gasteiger partial charge in [0.1, 0.15) is 5.75 Å². The maximum atomic E-state index is 12.9. The van der Waals surface area contributed by atoms with E-state index in [1.807, 2.05) is 18.0 Å². The topological polar surface area (TPSA) is 23.5 Å². The summed E-state index contributed by atoms with van der Waals surface area (Å²) < 4.78 is 38.7. The van der Waals surface area contributed by atoms with Crippen LogP contribution in [0.25, 0.3) is 5.57 Å². The van der Waals surface area contributed by atoms with Gasteiger partial charge in [0.25, 0.3) is 0 Å². The number of hydrogen-bond donors (Lipinski definition) is 1. The fraction of sp³-hybridized carbons (Fsp3) is 0.385. The summed E-state index contributed by atoms with van der Waals surface area (Å²) in [4.78, 5) is 2.04. The zero-order valence-corrected chi connectivity index (χ0v) is 9.96. The minimum Gasteiger partial charge on any atom is -0.508 e. The smallest absolute Gasteiger partial charge is 0.417 e. The largest absolute Gasteiger partial charge is 0.508 e. The van der Waals surface area contributed by atoms with E-state index in [1.165, 1.54) is 12.1 Å². The maximum Gasteiger partial charge on any atom is 0.417 e. The number of halogens is 3. The van der Waals surface area contributed by atoms with Crippen LogP contribution in [0.15, 0.2) is 24.3 Å². The normalized spacial score (nSPS) is 17.7. The van der Waals surface area contributed by atoms with Crippen molar-refractivity contribution in [2.45, 2.75) is 12.6 Å². The van der Waals surface area contributed by atoms with Crippen molar-refractivity contribution >= 4 is 5.57 Å². The second kappa shape index (κ2) is 4.65. The van der Waals surface area contributed by atoms with Gasteiger partial charge in [-0.15, -0.1) is 0 Å². The lowest BCUT2D eigenvalue weighted by Crippen LogP contribution is -2.24. The molecule has 18 heavy (non-hydrogen) atoms. The van der Waals surface area contributed by atoms with Crippen molar-refractivity contribution in [1.29, 1.82) is 0 Å². The first-order valence-electron chi connectivity index (χ1n) is 5.66. The molecule has 0 saturated carbocycles. The minimum absolute atomic E-state index is 0.174. The van der Waals surface area contributed by atoms with Gasteiger partial charge in [-0.2, -0.15) is 13.2 Å². The van der Waals surface area contributed by atoms with Gasteiger partial charge in [0, 0.05) is 13.1 Å². The van der Waals surface area contributed by atoms with Crippen LogP contribution >= 0.6 is 0 Å². The molecule has 0 unspecified atom stereocenters. The molecule has 1 N–H and O–H groups in total. The fourth-order valence-electron chi connectivity index (χ4n) is 2.06. The van der Waals surface area contributed by atoms with E-state index < -0.39 is 11.7 Å². The molecule has 98 valence electrons. The highest BCUT2D eigenvalue weighted by Crippen LogP contribution is 2.38. The van der Waals surface area contributed by atoms with Gasteiger partial charge < -0.3 is 10.0 Å². The van der Waals surface area contributed by atoms with Gasteiger partial charge in [0.05, 0.1) is 5.56 Å². The molecule has 0 amide bonds. The molecule has 5 heteroatoms. The van der Waals surface area contributed by atoms with E-state index in [-0.39, 0.29) is 11.3 Å². The lowest BCUT2D eigenvalue weighted by molar-refractivity contribution is -0.137. The van der Waals surface area contributed by atoms with Crippen LogP contribution in [-0.2, 0) is 6.18 Å². The maximum absolute atomic E-state index is 12.9. The molecule has 0 aliphatic carbocycles. The summed E-state index contributed by atoms with van der Waals surface area (Å²) in [5.41, 5.74) is 0.104. The van der Waals surface area contributed by atoms with E-state index in [0.29, 0.717) is 18.5 Å². The molecule has 2 nitrogen and oxygen atoms in total. The Labute approximate surface area is 103 Å². The number of alkyl halides is 3. The summed E-state index contributed by atoms with van der Waals surface area (Å²) >= 11 is 0. The third-order valence-corrected chi connectivity index (χ3v) is 3.07. The molecule has 1 aromatic rings. The summed E-state index contributed by atoms with van der Waals surface area (Å²) in [6, 6.07) is 3.42. The first-order valence-corrected chi connectivity index (χ1v) is 5.66. The first kappa shape index (κ1) is 13.0. The van der Waals surface area contributed by atoms with Crippen LogP contribution in [0.5, 0.6) is 5.75 Å². The highest BCUT2D eigenvalue weighted by atomic mass is 19.4. The predicted octanol–water partition coefficient (Wildman–Crippen LogP) is 3.13. The number of rotatable bonds is 1. The van der Waals surface area contributed by atoms with Gasteiger partial charge in [0.2, 0.25) is 0 Å². The van der Waals surface area contributed by atoms with E-state index in [9.17, 15) is 18.3 Å². The number of nitrogens with zero attached hydrogens (tertiary/aromatic N) is 1. The monoisotopic (exact) mass is 257 g/mol. The molecule has 0 fully saturated rings. The van der Waals surface area contributed by atoms with Crippen molar-refractivity contribution < 1.29 is 18.3 Å². The molecule has 0 bridgehead atoms. The van der Waals surface area contributed by atoms with E-state index in [4.69, 9.17) is 0 Å². The van der Waals surface area contributed by atoms with Crippen molar-refractivity contribution in [2.24, 2.45) is 0 Å². The molecule has 1 heterocycles. The average molecular weight is 257 g/mol. The molecule has 0 aromatic heterocycles. The van der Waals surface area contributed by atoms with Crippen molar-refractivity contribution in [3.63, 3.8) is 0 Å². The number of phenolic OH excluding ortho intramolecular Hbond substituents is 1.